The first-order valence-electron chi connectivity index (χ1n) is 8.20. The lowest BCUT2D eigenvalue weighted by atomic mass is 10.2. The Labute approximate surface area is 191 Å². The Morgan fingerprint density at radius 2 is 1.97 bits per heavy atom. The van der Waals surface area contributed by atoms with Crippen molar-refractivity contribution in [2.45, 2.75) is 13.5 Å². The van der Waals surface area contributed by atoms with E-state index in [0.717, 1.165) is 10.4 Å². The van der Waals surface area contributed by atoms with E-state index in [1.54, 1.807) is 29.1 Å². The molecule has 0 radical (unpaired) electrons. The molecule has 0 aliphatic rings. The van der Waals surface area contributed by atoms with Gasteiger partial charge in [-0.1, -0.05) is 40.9 Å². The molecule has 1 aromatic carbocycles. The summed E-state index contributed by atoms with van der Waals surface area (Å²) in [5.41, 5.74) is 1.33. The third kappa shape index (κ3) is 5.40. The maximum absolute atomic E-state index is 11.9. The average Bonchev–Trinajstić information content (AvgIpc) is 3.19. The molecule has 11 heteroatoms. The first-order valence-corrected chi connectivity index (χ1v) is 10.6. The zero-order valence-electron chi connectivity index (χ0n) is 15.3. The SMILES string of the molecule is COC(=O)c1cc(C)sc1NC(=S)Nc1nn(Cc2ccc(Cl)c(Cl)c2)cc1Cl. The van der Waals surface area contributed by atoms with Gasteiger partial charge in [-0.2, -0.15) is 5.10 Å². The fourth-order valence-corrected chi connectivity index (χ4v) is 4.18. The molecule has 3 rings (SSSR count). The smallest absolute Gasteiger partial charge is 0.340 e. The van der Waals surface area contributed by atoms with Gasteiger partial charge in [0.1, 0.15) is 10.0 Å². The minimum absolute atomic E-state index is 0.249. The van der Waals surface area contributed by atoms with Crippen molar-refractivity contribution >= 4 is 80.3 Å². The fourth-order valence-electron chi connectivity index (χ4n) is 2.50. The number of carbonyl (C=O) groups excluding carboxylic acids is 1. The van der Waals surface area contributed by atoms with Gasteiger partial charge in [0.25, 0.3) is 0 Å². The third-order valence-corrected chi connectivity index (χ3v) is 5.95. The molecule has 2 N–H and O–H groups in total. The normalized spacial score (nSPS) is 10.7. The van der Waals surface area contributed by atoms with Crippen LogP contribution in [0.2, 0.25) is 15.1 Å². The number of carbonyl (C=O) groups is 1. The van der Waals surface area contributed by atoms with E-state index in [1.165, 1.54) is 18.4 Å². The molecule has 152 valence electrons. The lowest BCUT2D eigenvalue weighted by Crippen LogP contribution is -2.20. The Morgan fingerprint density at radius 1 is 1.21 bits per heavy atom. The summed E-state index contributed by atoms with van der Waals surface area (Å²) in [6.07, 6.45) is 1.67. The molecule has 0 atom stereocenters. The monoisotopic (exact) mass is 488 g/mol. The zero-order valence-corrected chi connectivity index (χ0v) is 19.2. The average molecular weight is 490 g/mol. The van der Waals surface area contributed by atoms with Crippen molar-refractivity contribution in [2.24, 2.45) is 0 Å². The van der Waals surface area contributed by atoms with Crippen molar-refractivity contribution in [3.63, 3.8) is 0 Å². The number of hydrogen-bond acceptors (Lipinski definition) is 5. The summed E-state index contributed by atoms with van der Waals surface area (Å²) < 4.78 is 6.45. The van der Waals surface area contributed by atoms with Gasteiger partial charge in [-0.15, -0.1) is 11.3 Å². The lowest BCUT2D eigenvalue weighted by Gasteiger charge is -2.09. The molecule has 3 aromatic rings. The summed E-state index contributed by atoms with van der Waals surface area (Å²) in [5, 5.41) is 12.5. The van der Waals surface area contributed by atoms with Crippen LogP contribution in [-0.2, 0) is 11.3 Å². The number of halogens is 3. The van der Waals surface area contributed by atoms with Gasteiger partial charge in [-0.05, 0) is 42.9 Å². The number of ether oxygens (including phenoxy) is 1. The molecule has 0 spiro atoms. The van der Waals surface area contributed by atoms with Crippen molar-refractivity contribution in [3.8, 4) is 0 Å². The van der Waals surface area contributed by atoms with Crippen LogP contribution in [0.4, 0.5) is 10.8 Å². The molecule has 2 heterocycles. The quantitative estimate of drug-likeness (QED) is 0.346. The van der Waals surface area contributed by atoms with E-state index < -0.39 is 5.97 Å². The van der Waals surface area contributed by atoms with Crippen molar-refractivity contribution in [1.29, 1.82) is 0 Å². The van der Waals surface area contributed by atoms with E-state index in [2.05, 4.69) is 15.7 Å². The molecule has 0 aliphatic carbocycles. The summed E-state index contributed by atoms with van der Waals surface area (Å²) in [4.78, 5) is 12.8. The lowest BCUT2D eigenvalue weighted by molar-refractivity contribution is 0.0602. The molecular formula is C18H15Cl3N4O2S2. The number of anilines is 2. The van der Waals surface area contributed by atoms with Crippen molar-refractivity contribution < 1.29 is 9.53 Å². The van der Waals surface area contributed by atoms with E-state index in [-0.39, 0.29) is 5.11 Å². The Kier molecular flexibility index (Phi) is 7.02. The molecule has 6 nitrogen and oxygen atoms in total. The molecule has 0 saturated heterocycles. The molecule has 0 saturated carbocycles. The van der Waals surface area contributed by atoms with Crippen molar-refractivity contribution in [3.05, 3.63) is 61.5 Å². The number of benzene rings is 1. The molecule has 0 fully saturated rings. The number of hydrogen-bond donors (Lipinski definition) is 2. The number of thiocarbonyl (C=S) groups is 1. The number of aromatic nitrogens is 2. The highest BCUT2D eigenvalue weighted by atomic mass is 35.5. The Balaban J connectivity index is 1.70. The molecular weight excluding hydrogens is 475 g/mol. The number of methoxy groups -OCH3 is 1. The minimum atomic E-state index is -0.441. The molecule has 0 aliphatic heterocycles. The van der Waals surface area contributed by atoms with E-state index in [9.17, 15) is 4.79 Å². The van der Waals surface area contributed by atoms with E-state index >= 15 is 0 Å². The largest absolute Gasteiger partial charge is 0.465 e. The first-order chi connectivity index (χ1) is 13.8. The second-order valence-electron chi connectivity index (χ2n) is 5.94. The number of rotatable bonds is 5. The number of aryl methyl sites for hydroxylation is 1. The van der Waals surface area contributed by atoms with Gasteiger partial charge in [-0.3, -0.25) is 4.68 Å². The maximum atomic E-state index is 11.9. The molecule has 29 heavy (non-hydrogen) atoms. The van der Waals surface area contributed by atoms with Crippen LogP contribution in [0.1, 0.15) is 20.8 Å². The summed E-state index contributed by atoms with van der Waals surface area (Å²) in [5.74, 6) is -0.0549. The highest BCUT2D eigenvalue weighted by molar-refractivity contribution is 7.80. The van der Waals surface area contributed by atoms with E-state index in [4.69, 9.17) is 51.8 Å². The Morgan fingerprint density at radius 3 is 2.66 bits per heavy atom. The second kappa shape index (κ2) is 9.32. The van der Waals surface area contributed by atoms with Gasteiger partial charge >= 0.3 is 5.97 Å². The van der Waals surface area contributed by atoms with Crippen molar-refractivity contribution in [2.75, 3.05) is 17.7 Å². The first kappa shape index (κ1) is 21.9. The number of esters is 1. The van der Waals surface area contributed by atoms with Gasteiger partial charge in [0.15, 0.2) is 10.9 Å². The standard InChI is InChI=1S/C18H15Cl3N4O2S2/c1-9-5-11(17(26)27-2)16(29-9)23-18(28)22-15-14(21)8-25(24-15)7-10-3-4-12(19)13(20)6-10/h3-6,8H,7H2,1-2H3,(H2,22,23,24,28). The summed E-state index contributed by atoms with van der Waals surface area (Å²) in [7, 11) is 1.33. The predicted molar refractivity (Wildman–Crippen MR) is 123 cm³/mol. The fraction of sp³-hybridized carbons (Fsp3) is 0.167. The Hall–Kier alpha value is -1.84. The number of nitrogens with zero attached hydrogens (tertiary/aromatic N) is 2. The van der Waals surface area contributed by atoms with Crippen molar-refractivity contribution in [1.82, 2.24) is 9.78 Å². The Bertz CT molecular complexity index is 1080. The third-order valence-electron chi connectivity index (χ3n) is 3.77. The van der Waals surface area contributed by atoms with E-state index in [1.807, 2.05) is 13.0 Å². The van der Waals surface area contributed by atoms with Gasteiger partial charge in [0, 0.05) is 11.1 Å². The summed E-state index contributed by atoms with van der Waals surface area (Å²) in [6.45, 7) is 2.34. The van der Waals surface area contributed by atoms with Gasteiger partial charge < -0.3 is 15.4 Å². The van der Waals surface area contributed by atoms with Crippen LogP contribution < -0.4 is 10.6 Å². The summed E-state index contributed by atoms with van der Waals surface area (Å²) in [6, 6.07) is 7.09. The molecule has 0 bridgehead atoms. The minimum Gasteiger partial charge on any atom is -0.465 e. The van der Waals surface area contributed by atoms with Gasteiger partial charge in [0.2, 0.25) is 0 Å². The predicted octanol–water partition coefficient (Wildman–Crippen LogP) is 5.86. The van der Waals surface area contributed by atoms with Crippen LogP contribution in [-0.4, -0.2) is 28.0 Å². The number of thiophene rings is 1. The van der Waals surface area contributed by atoms with Gasteiger partial charge in [-0.25, -0.2) is 4.79 Å². The summed E-state index contributed by atoms with van der Waals surface area (Å²) >= 11 is 25.0. The molecule has 2 aromatic heterocycles. The van der Waals surface area contributed by atoms with Crippen LogP contribution >= 0.6 is 58.4 Å². The number of nitrogens with one attached hydrogen (secondary N) is 2. The highest BCUT2D eigenvalue weighted by Gasteiger charge is 2.17. The molecule has 0 unspecified atom stereocenters. The molecule has 0 amide bonds. The highest BCUT2D eigenvalue weighted by Crippen LogP contribution is 2.29. The van der Waals surface area contributed by atoms with Crippen LogP contribution in [0, 0.1) is 6.92 Å². The van der Waals surface area contributed by atoms with Crippen LogP contribution in [0.5, 0.6) is 0 Å². The maximum Gasteiger partial charge on any atom is 0.340 e. The zero-order chi connectivity index (χ0) is 21.1. The second-order valence-corrected chi connectivity index (χ2v) is 8.83. The van der Waals surface area contributed by atoms with Crippen LogP contribution in [0.25, 0.3) is 0 Å². The van der Waals surface area contributed by atoms with E-state index in [0.29, 0.717) is 38.0 Å². The van der Waals surface area contributed by atoms with Crippen LogP contribution in [0.15, 0.2) is 30.5 Å². The van der Waals surface area contributed by atoms with Gasteiger partial charge in [0.05, 0.1) is 29.3 Å². The van der Waals surface area contributed by atoms with Crippen LogP contribution in [0.3, 0.4) is 0 Å². The topological polar surface area (TPSA) is 68.2 Å².